The molecule has 0 unspecified atom stereocenters. The second kappa shape index (κ2) is 2.82. The van der Waals surface area contributed by atoms with Gasteiger partial charge in [0, 0.05) is 0 Å². The highest BCUT2D eigenvalue weighted by atomic mass is 16.5. The molecule has 0 aromatic heterocycles. The van der Waals surface area contributed by atoms with Crippen molar-refractivity contribution in [2.75, 3.05) is 0 Å². The van der Waals surface area contributed by atoms with Gasteiger partial charge in [-0.2, -0.15) is 0 Å². The molecule has 0 aromatic rings. The van der Waals surface area contributed by atoms with Crippen LogP contribution in [0.5, 0.6) is 0 Å². The van der Waals surface area contributed by atoms with Crippen molar-refractivity contribution in [3.8, 4) is 0 Å². The fourth-order valence-corrected chi connectivity index (χ4v) is 0.487. The van der Waals surface area contributed by atoms with Crippen LogP contribution in [0.15, 0.2) is 29.1 Å². The van der Waals surface area contributed by atoms with Crippen LogP contribution in [0.25, 0.3) is 0 Å². The van der Waals surface area contributed by atoms with Gasteiger partial charge in [0.05, 0.1) is 6.26 Å². The Labute approximate surface area is 57.7 Å². The monoisotopic (exact) mass is 138 g/mol. The van der Waals surface area contributed by atoms with Gasteiger partial charge < -0.3 is 10.5 Å². The zero-order chi connectivity index (χ0) is 7.40. The van der Waals surface area contributed by atoms with Crippen LogP contribution in [0.2, 0.25) is 0 Å². The van der Waals surface area contributed by atoms with Crippen LogP contribution in [-0.2, 0) is 9.53 Å². The molecule has 10 heavy (non-hydrogen) atoms. The summed E-state index contributed by atoms with van der Waals surface area (Å²) in [6.07, 6.45) is 5.58. The van der Waals surface area contributed by atoms with E-state index in [4.69, 9.17) is 5.73 Å². The summed E-state index contributed by atoms with van der Waals surface area (Å²) in [5.74, 6) is -0.564. The van der Waals surface area contributed by atoms with Gasteiger partial charge in [0.2, 0.25) is 0 Å². The van der Waals surface area contributed by atoms with Crippen LogP contribution >= 0.6 is 0 Å². The summed E-state index contributed by atoms with van der Waals surface area (Å²) in [5, 5.41) is 0. The number of amides is 1. The van der Waals surface area contributed by atoms with Crippen molar-refractivity contribution in [1.82, 2.24) is 0 Å². The molecule has 0 bridgehead atoms. The molecule has 1 rings (SSSR count). The van der Waals surface area contributed by atoms with E-state index in [1.165, 1.54) is 12.3 Å². The largest absolute Gasteiger partial charge is 0.453 e. The summed E-state index contributed by atoms with van der Waals surface area (Å²) < 4.78 is 4.64. The Morgan fingerprint density at radius 3 is 3.20 bits per heavy atom. The van der Waals surface area contributed by atoms with E-state index in [-0.39, 0.29) is 5.70 Å². The molecule has 0 atom stereocenters. The van der Waals surface area contributed by atoms with Crippen LogP contribution < -0.4 is 5.73 Å². The fraction of sp³-hybridized carbons (Fsp3) is 0. The van der Waals surface area contributed by atoms with Crippen molar-refractivity contribution in [2.45, 2.75) is 0 Å². The Morgan fingerprint density at radius 2 is 2.50 bits per heavy atom. The van der Waals surface area contributed by atoms with Crippen LogP contribution in [0.3, 0.4) is 0 Å². The number of nitrogens with two attached hydrogens (primary N) is 1. The van der Waals surface area contributed by atoms with E-state index in [9.17, 15) is 4.79 Å². The maximum absolute atomic E-state index is 10.5. The van der Waals surface area contributed by atoms with Crippen molar-refractivity contribution in [3.05, 3.63) is 24.1 Å². The van der Waals surface area contributed by atoms with Crippen LogP contribution in [-0.4, -0.2) is 12.3 Å². The van der Waals surface area contributed by atoms with Crippen LogP contribution in [0.1, 0.15) is 0 Å². The highest BCUT2D eigenvalue weighted by Gasteiger charge is 2.00. The average Bonchev–Trinajstić information content (AvgIpc) is 2.12. The number of nitrogens with zero attached hydrogens (tertiary/aromatic N) is 1. The Morgan fingerprint density at radius 1 is 1.70 bits per heavy atom. The number of allylic oxidation sites excluding steroid dienone is 2. The predicted octanol–water partition coefficient (Wildman–Crippen LogP) is -0.0722. The summed E-state index contributed by atoms with van der Waals surface area (Å²) in [4.78, 5) is 14.1. The first-order valence-electron chi connectivity index (χ1n) is 2.65. The van der Waals surface area contributed by atoms with Gasteiger partial charge in [-0.15, -0.1) is 0 Å². The van der Waals surface area contributed by atoms with Gasteiger partial charge in [0.15, 0.2) is 6.40 Å². The molecule has 0 saturated heterocycles. The minimum absolute atomic E-state index is 0.189. The topological polar surface area (TPSA) is 64.7 Å². The fourth-order valence-electron chi connectivity index (χ4n) is 0.487. The lowest BCUT2D eigenvalue weighted by Crippen LogP contribution is -2.12. The van der Waals surface area contributed by atoms with Gasteiger partial charge in [0.1, 0.15) is 5.70 Å². The molecule has 1 aliphatic heterocycles. The molecule has 2 N–H and O–H groups in total. The van der Waals surface area contributed by atoms with Gasteiger partial charge in [-0.25, -0.2) is 4.99 Å². The first-order valence-corrected chi connectivity index (χ1v) is 2.65. The van der Waals surface area contributed by atoms with E-state index in [0.29, 0.717) is 0 Å². The predicted molar refractivity (Wildman–Crippen MR) is 36.0 cm³/mol. The quantitative estimate of drug-likeness (QED) is 0.551. The third-order valence-corrected chi connectivity index (χ3v) is 0.916. The van der Waals surface area contributed by atoms with E-state index >= 15 is 0 Å². The molecule has 0 aliphatic carbocycles. The molecule has 4 heteroatoms. The molecular weight excluding hydrogens is 132 g/mol. The van der Waals surface area contributed by atoms with E-state index in [1.54, 1.807) is 6.08 Å². The minimum Gasteiger partial charge on any atom is -0.453 e. The maximum atomic E-state index is 10.5. The van der Waals surface area contributed by atoms with Gasteiger partial charge >= 0.3 is 0 Å². The minimum atomic E-state index is -0.564. The molecule has 1 aliphatic rings. The second-order valence-corrected chi connectivity index (χ2v) is 1.62. The molecule has 0 radical (unpaired) electrons. The molecule has 4 nitrogen and oxygen atoms in total. The summed E-state index contributed by atoms with van der Waals surface area (Å²) in [6.45, 7) is 0. The normalized spacial score (nSPS) is 15.4. The van der Waals surface area contributed by atoms with Gasteiger partial charge in [-0.1, -0.05) is 0 Å². The molecule has 0 spiro atoms. The first-order chi connectivity index (χ1) is 4.80. The SMILES string of the molecule is NC(=O)C1=CC=COC=N1. The molecular formula is C6H6N2O2. The lowest BCUT2D eigenvalue weighted by atomic mass is 10.4. The lowest BCUT2D eigenvalue weighted by molar-refractivity contribution is -0.114. The number of rotatable bonds is 1. The third-order valence-electron chi connectivity index (χ3n) is 0.916. The van der Waals surface area contributed by atoms with Crippen molar-refractivity contribution in [2.24, 2.45) is 10.7 Å². The Balaban J connectivity index is 2.83. The number of aliphatic imine (C=N–C) groups is 1. The first kappa shape index (κ1) is 6.54. The molecule has 0 saturated carbocycles. The van der Waals surface area contributed by atoms with Crippen LogP contribution in [0.4, 0.5) is 0 Å². The van der Waals surface area contributed by atoms with Crippen molar-refractivity contribution in [3.63, 3.8) is 0 Å². The highest BCUT2D eigenvalue weighted by molar-refractivity contribution is 5.93. The molecule has 1 heterocycles. The molecule has 52 valence electrons. The Kier molecular flexibility index (Phi) is 1.84. The Bertz CT molecular complexity index is 228. The smallest absolute Gasteiger partial charge is 0.267 e. The average molecular weight is 138 g/mol. The van der Waals surface area contributed by atoms with Gasteiger partial charge in [0.25, 0.3) is 5.91 Å². The molecule has 0 aromatic carbocycles. The summed E-state index contributed by atoms with van der Waals surface area (Å²) >= 11 is 0. The van der Waals surface area contributed by atoms with Crippen molar-refractivity contribution >= 4 is 12.3 Å². The number of ether oxygens (including phenoxy) is 1. The number of primary amides is 1. The summed E-state index contributed by atoms with van der Waals surface area (Å²) in [7, 11) is 0. The zero-order valence-electron chi connectivity index (χ0n) is 5.15. The second-order valence-electron chi connectivity index (χ2n) is 1.62. The standard InChI is InChI=1S/C6H6N2O2/c7-6(9)5-2-1-3-10-4-8-5/h1-4H,(H2,7,9). The van der Waals surface area contributed by atoms with Gasteiger partial charge in [-0.05, 0) is 12.2 Å². The van der Waals surface area contributed by atoms with E-state index in [0.717, 1.165) is 6.40 Å². The summed E-state index contributed by atoms with van der Waals surface area (Å²) in [6, 6.07) is 0. The Hall–Kier alpha value is -1.58. The number of hydrogen-bond donors (Lipinski definition) is 1. The molecule has 1 amide bonds. The van der Waals surface area contributed by atoms with E-state index < -0.39 is 5.91 Å². The van der Waals surface area contributed by atoms with Crippen molar-refractivity contribution < 1.29 is 9.53 Å². The zero-order valence-corrected chi connectivity index (χ0v) is 5.15. The highest BCUT2D eigenvalue weighted by Crippen LogP contribution is 1.98. The number of carbonyl (C=O) groups is 1. The lowest BCUT2D eigenvalue weighted by Gasteiger charge is -1.88. The van der Waals surface area contributed by atoms with E-state index in [2.05, 4.69) is 9.73 Å². The van der Waals surface area contributed by atoms with Gasteiger partial charge in [-0.3, -0.25) is 4.79 Å². The van der Waals surface area contributed by atoms with Crippen LogP contribution in [0, 0.1) is 0 Å². The maximum Gasteiger partial charge on any atom is 0.267 e. The summed E-state index contributed by atoms with van der Waals surface area (Å²) in [5.41, 5.74) is 5.11. The third kappa shape index (κ3) is 1.45. The van der Waals surface area contributed by atoms with E-state index in [1.807, 2.05) is 0 Å². The molecule has 0 fully saturated rings. The number of carbonyl (C=O) groups excluding carboxylic acids is 1. The number of hydrogen-bond acceptors (Lipinski definition) is 3. The van der Waals surface area contributed by atoms with Crippen molar-refractivity contribution in [1.29, 1.82) is 0 Å².